The van der Waals surface area contributed by atoms with Gasteiger partial charge in [0, 0.05) is 4.43 Å². The highest BCUT2D eigenvalue weighted by Gasteiger charge is 2.40. The van der Waals surface area contributed by atoms with E-state index >= 15 is 0 Å². The summed E-state index contributed by atoms with van der Waals surface area (Å²) in [4.78, 5) is 0.190. The van der Waals surface area contributed by atoms with E-state index in [-0.39, 0.29) is 4.87 Å². The average molecular weight is 316 g/mol. The van der Waals surface area contributed by atoms with Gasteiger partial charge in [-0.1, -0.05) is 61.6 Å². The van der Waals surface area contributed by atoms with Crippen LogP contribution in [0.15, 0.2) is 0 Å². The molecule has 0 nitrogen and oxygen atoms in total. The van der Waals surface area contributed by atoms with Crippen molar-refractivity contribution >= 4 is 34.2 Å². The molecule has 78 valence electrons. The molecule has 0 N–H and O–H groups in total. The van der Waals surface area contributed by atoms with Gasteiger partial charge in [-0.2, -0.15) is 0 Å². The predicted molar refractivity (Wildman–Crippen MR) is 69.0 cm³/mol. The van der Waals surface area contributed by atoms with Crippen LogP contribution in [0.3, 0.4) is 0 Å². The predicted octanol–water partition coefficient (Wildman–Crippen LogP) is 4.78. The molecule has 0 heterocycles. The van der Waals surface area contributed by atoms with Gasteiger partial charge in [-0.3, -0.25) is 0 Å². The number of rotatable bonds is 6. The molecule has 0 bridgehead atoms. The minimum Gasteiger partial charge on any atom is -0.118 e. The van der Waals surface area contributed by atoms with E-state index in [0.717, 1.165) is 10.3 Å². The second kappa shape index (κ2) is 5.79. The molecule has 0 atom stereocenters. The molecule has 1 saturated carbocycles. The number of hydrogen-bond donors (Lipinski definition) is 0. The molecule has 0 aromatic heterocycles. The van der Waals surface area contributed by atoms with Crippen LogP contribution in [0.5, 0.6) is 0 Å². The highest BCUT2D eigenvalue weighted by molar-refractivity contribution is 14.1. The van der Waals surface area contributed by atoms with Crippen molar-refractivity contribution in [2.75, 3.05) is 4.43 Å². The first kappa shape index (κ1) is 12.1. The highest BCUT2D eigenvalue weighted by atomic mass is 127. The first-order chi connectivity index (χ1) is 6.20. The van der Waals surface area contributed by atoms with Crippen LogP contribution in [-0.2, 0) is 0 Å². The van der Waals surface area contributed by atoms with Crippen molar-refractivity contribution in [3.05, 3.63) is 0 Å². The van der Waals surface area contributed by atoms with Crippen LogP contribution in [0.2, 0.25) is 0 Å². The van der Waals surface area contributed by atoms with E-state index in [1.165, 1.54) is 44.9 Å². The van der Waals surface area contributed by atoms with Crippen molar-refractivity contribution < 1.29 is 0 Å². The molecule has 1 rings (SSSR count). The summed E-state index contributed by atoms with van der Waals surface area (Å²) in [5, 5.41) is 0. The van der Waals surface area contributed by atoms with E-state index in [1.54, 1.807) is 0 Å². The molecule has 0 aliphatic heterocycles. The molecule has 0 unspecified atom stereocenters. The molecular weight excluding hydrogens is 295 g/mol. The summed E-state index contributed by atoms with van der Waals surface area (Å²) >= 11 is 8.73. The van der Waals surface area contributed by atoms with E-state index < -0.39 is 0 Å². The Hall–Kier alpha value is 1.02. The van der Waals surface area contributed by atoms with Crippen LogP contribution < -0.4 is 0 Å². The zero-order chi connectivity index (χ0) is 9.73. The topological polar surface area (TPSA) is 0 Å². The van der Waals surface area contributed by atoms with Gasteiger partial charge in [0.1, 0.15) is 0 Å². The molecule has 2 heteroatoms. The molecule has 1 aliphatic rings. The first-order valence-corrected chi connectivity index (χ1v) is 7.35. The first-order valence-electron chi connectivity index (χ1n) is 5.45. The van der Waals surface area contributed by atoms with Crippen molar-refractivity contribution in [2.24, 2.45) is 5.92 Å². The zero-order valence-electron chi connectivity index (χ0n) is 8.49. The molecule has 0 aromatic rings. The van der Waals surface area contributed by atoms with Crippen molar-refractivity contribution in [2.45, 2.75) is 56.7 Å². The van der Waals surface area contributed by atoms with Gasteiger partial charge in [-0.25, -0.2) is 0 Å². The maximum absolute atomic E-state index is 6.32. The lowest BCUT2D eigenvalue weighted by Crippen LogP contribution is -2.40. The molecule has 0 saturated heterocycles. The summed E-state index contributed by atoms with van der Waals surface area (Å²) in [6.45, 7) is 2.27. The third kappa shape index (κ3) is 3.94. The van der Waals surface area contributed by atoms with Crippen LogP contribution in [0.4, 0.5) is 0 Å². The molecule has 1 aliphatic carbocycles. The van der Waals surface area contributed by atoms with E-state index in [1.807, 2.05) is 0 Å². The third-order valence-corrected chi connectivity index (χ3v) is 5.37. The second-order valence-electron chi connectivity index (χ2n) is 4.41. The third-order valence-electron chi connectivity index (χ3n) is 3.01. The Bertz CT molecular complexity index is 141. The lowest BCUT2D eigenvalue weighted by molar-refractivity contribution is 0.226. The smallest absolute Gasteiger partial charge is 0.0541 e. The quantitative estimate of drug-likeness (QED) is 0.286. The lowest BCUT2D eigenvalue weighted by Gasteiger charge is -2.42. The number of hydrogen-bond acceptors (Lipinski definition) is 0. The summed E-state index contributed by atoms with van der Waals surface area (Å²) in [7, 11) is 0. The average Bonchev–Trinajstić information content (AvgIpc) is 2.08. The molecule has 0 radical (unpaired) electrons. The van der Waals surface area contributed by atoms with Gasteiger partial charge < -0.3 is 0 Å². The zero-order valence-corrected chi connectivity index (χ0v) is 11.4. The van der Waals surface area contributed by atoms with Crippen LogP contribution >= 0.6 is 34.2 Å². The number of unbranched alkanes of at least 4 members (excludes halogenated alkanes) is 3. The van der Waals surface area contributed by atoms with E-state index in [0.29, 0.717) is 0 Å². The summed E-state index contributed by atoms with van der Waals surface area (Å²) < 4.78 is 1.12. The highest BCUT2D eigenvalue weighted by Crippen LogP contribution is 2.46. The van der Waals surface area contributed by atoms with Crippen LogP contribution in [0.1, 0.15) is 51.9 Å². The fraction of sp³-hybridized carbons (Fsp3) is 1.00. The Balaban J connectivity index is 1.96. The van der Waals surface area contributed by atoms with Gasteiger partial charge in [0.2, 0.25) is 0 Å². The standard InChI is InChI=1S/C11H20ClI/c1-2-3-4-5-6-10-7-11(12,8-10)9-13/h10H,2-9H2,1H3/i9+1. The summed E-state index contributed by atoms with van der Waals surface area (Å²) in [5.41, 5.74) is 0. The van der Waals surface area contributed by atoms with Gasteiger partial charge in [0.15, 0.2) is 0 Å². The van der Waals surface area contributed by atoms with Crippen molar-refractivity contribution in [3.63, 3.8) is 0 Å². The fourth-order valence-corrected chi connectivity index (χ4v) is 3.21. The maximum atomic E-state index is 6.32. The fourth-order valence-electron chi connectivity index (χ4n) is 2.15. The number of halogens is 2. The monoisotopic (exact) mass is 315 g/mol. The molecule has 0 aromatic carbocycles. The van der Waals surface area contributed by atoms with Crippen molar-refractivity contribution in [1.29, 1.82) is 0 Å². The van der Waals surface area contributed by atoms with Gasteiger partial charge in [-0.05, 0) is 18.8 Å². The van der Waals surface area contributed by atoms with E-state index in [2.05, 4.69) is 29.5 Å². The molecule has 1 fully saturated rings. The second-order valence-corrected chi connectivity index (χ2v) is 5.97. The van der Waals surface area contributed by atoms with E-state index in [9.17, 15) is 0 Å². The Morgan fingerprint density at radius 2 is 2.00 bits per heavy atom. The van der Waals surface area contributed by atoms with E-state index in [4.69, 9.17) is 11.6 Å². The SMILES string of the molecule is CCCCCCC1CC(Cl)([13CH2]I)C1. The largest absolute Gasteiger partial charge is 0.118 e. The van der Waals surface area contributed by atoms with Gasteiger partial charge in [0.05, 0.1) is 4.87 Å². The van der Waals surface area contributed by atoms with Crippen molar-refractivity contribution in [3.8, 4) is 0 Å². The minimum atomic E-state index is 0.190. The van der Waals surface area contributed by atoms with Crippen LogP contribution in [0.25, 0.3) is 0 Å². The molecule has 0 amide bonds. The lowest BCUT2D eigenvalue weighted by atomic mass is 9.76. The Morgan fingerprint density at radius 3 is 2.54 bits per heavy atom. The van der Waals surface area contributed by atoms with Gasteiger partial charge in [0.25, 0.3) is 0 Å². The number of alkyl halides is 2. The molecule has 0 spiro atoms. The molecular formula is C11H20ClI. The Kier molecular flexibility index (Phi) is 5.39. The van der Waals surface area contributed by atoms with Crippen LogP contribution in [-0.4, -0.2) is 9.30 Å². The summed E-state index contributed by atoms with van der Waals surface area (Å²) in [5.74, 6) is 0.948. The maximum Gasteiger partial charge on any atom is 0.0541 e. The normalized spacial score (nSPS) is 33.0. The van der Waals surface area contributed by atoms with Crippen LogP contribution in [0, 0.1) is 5.92 Å². The van der Waals surface area contributed by atoms with Crippen molar-refractivity contribution in [1.82, 2.24) is 0 Å². The minimum absolute atomic E-state index is 0.190. The van der Waals surface area contributed by atoms with Gasteiger partial charge >= 0.3 is 0 Å². The van der Waals surface area contributed by atoms with Gasteiger partial charge in [-0.15, -0.1) is 11.6 Å². The summed E-state index contributed by atoms with van der Waals surface area (Å²) in [6, 6.07) is 0. The summed E-state index contributed by atoms with van der Waals surface area (Å²) in [6.07, 6.45) is 9.56. The molecule has 13 heavy (non-hydrogen) atoms. The Labute approximate surface area is 101 Å². The Morgan fingerprint density at radius 1 is 1.31 bits per heavy atom.